The van der Waals surface area contributed by atoms with Gasteiger partial charge in [-0.2, -0.15) is 0 Å². The molecule has 1 saturated heterocycles. The number of nitrogens with one attached hydrogen (secondary N) is 1. The Balaban J connectivity index is 1.41. The zero-order valence-corrected chi connectivity index (χ0v) is 22.5. The summed E-state index contributed by atoms with van der Waals surface area (Å²) in [5.41, 5.74) is 5.97. The molecule has 0 amide bonds. The van der Waals surface area contributed by atoms with E-state index in [9.17, 15) is 10.2 Å². The predicted molar refractivity (Wildman–Crippen MR) is 153 cm³/mol. The summed E-state index contributed by atoms with van der Waals surface area (Å²) >= 11 is 0. The predicted octanol–water partition coefficient (Wildman–Crippen LogP) is 5.97. The van der Waals surface area contributed by atoms with E-state index in [1.54, 1.807) is 12.1 Å². The molecule has 6 heteroatoms. The van der Waals surface area contributed by atoms with Crippen molar-refractivity contribution in [3.8, 4) is 17.2 Å². The molecule has 3 aromatic carbocycles. The molecule has 200 valence electrons. The van der Waals surface area contributed by atoms with Crippen molar-refractivity contribution in [3.05, 3.63) is 83.4 Å². The van der Waals surface area contributed by atoms with E-state index >= 15 is 0 Å². The molecule has 0 aliphatic carbocycles. The van der Waals surface area contributed by atoms with Gasteiger partial charge in [0.05, 0.1) is 6.61 Å². The Labute approximate surface area is 225 Å². The highest BCUT2D eigenvalue weighted by atomic mass is 16.5. The molecular formula is C32H38N2O4. The summed E-state index contributed by atoms with van der Waals surface area (Å²) in [7, 11) is 0. The van der Waals surface area contributed by atoms with Gasteiger partial charge in [-0.25, -0.2) is 0 Å². The van der Waals surface area contributed by atoms with Crippen molar-refractivity contribution < 1.29 is 19.7 Å². The summed E-state index contributed by atoms with van der Waals surface area (Å²) in [5, 5.41) is 22.6. The van der Waals surface area contributed by atoms with E-state index in [-0.39, 0.29) is 18.5 Å². The molecule has 2 aliphatic rings. The number of anilines is 1. The Bertz CT molecular complexity index is 1290. The average molecular weight is 515 g/mol. The number of phenolic OH excluding ortho intramolecular Hbond substituents is 1. The number of hydrogen-bond acceptors (Lipinski definition) is 6. The van der Waals surface area contributed by atoms with Crippen LogP contribution in [0.3, 0.4) is 0 Å². The number of phenols is 1. The number of nitrogens with zero attached hydrogens (tertiary/aromatic N) is 1. The van der Waals surface area contributed by atoms with Gasteiger partial charge in [0.15, 0.2) is 0 Å². The van der Waals surface area contributed by atoms with Gasteiger partial charge < -0.3 is 25.0 Å². The number of aromatic hydroxyl groups is 1. The lowest BCUT2D eigenvalue weighted by Gasteiger charge is -2.31. The second-order valence-electron chi connectivity index (χ2n) is 10.6. The molecule has 0 aromatic heterocycles. The molecule has 0 saturated carbocycles. The van der Waals surface area contributed by atoms with Crippen molar-refractivity contribution in [1.29, 1.82) is 0 Å². The molecule has 0 spiro atoms. The number of fused-ring (bicyclic) bond motifs is 1. The normalized spacial score (nSPS) is 20.1. The van der Waals surface area contributed by atoms with Gasteiger partial charge >= 0.3 is 0 Å². The minimum Gasteiger partial charge on any atom is -0.508 e. The largest absolute Gasteiger partial charge is 0.508 e. The number of ether oxygens (including phenoxy) is 2. The van der Waals surface area contributed by atoms with Gasteiger partial charge in [0.25, 0.3) is 0 Å². The first-order valence-electron chi connectivity index (χ1n) is 13.6. The first-order valence-corrected chi connectivity index (χ1v) is 13.6. The van der Waals surface area contributed by atoms with Gasteiger partial charge in [-0.15, -0.1) is 0 Å². The second-order valence-corrected chi connectivity index (χ2v) is 10.6. The van der Waals surface area contributed by atoms with Gasteiger partial charge in [-0.1, -0.05) is 31.2 Å². The fraction of sp³-hybridized carbons (Fsp3) is 0.375. The quantitative estimate of drug-likeness (QED) is 0.327. The molecule has 3 aromatic rings. The molecule has 3 N–H and O–H groups in total. The van der Waals surface area contributed by atoms with Crippen LogP contribution in [-0.2, 0) is 0 Å². The fourth-order valence-electron chi connectivity index (χ4n) is 5.47. The van der Waals surface area contributed by atoms with Crippen molar-refractivity contribution in [2.24, 2.45) is 5.92 Å². The molecule has 2 aliphatic heterocycles. The van der Waals surface area contributed by atoms with Crippen LogP contribution in [0.5, 0.6) is 17.2 Å². The maximum absolute atomic E-state index is 10.2. The monoisotopic (exact) mass is 514 g/mol. The van der Waals surface area contributed by atoms with Gasteiger partial charge in [-0.3, -0.25) is 4.90 Å². The summed E-state index contributed by atoms with van der Waals surface area (Å²) in [4.78, 5) is 2.51. The van der Waals surface area contributed by atoms with E-state index in [1.807, 2.05) is 42.5 Å². The molecule has 2 heterocycles. The maximum Gasteiger partial charge on any atom is 0.150 e. The minimum atomic E-state index is -0.351. The lowest BCUT2D eigenvalue weighted by molar-refractivity contribution is 0.169. The number of benzene rings is 3. The third kappa shape index (κ3) is 5.66. The molecule has 38 heavy (non-hydrogen) atoms. The van der Waals surface area contributed by atoms with Crippen LogP contribution in [0.1, 0.15) is 50.0 Å². The van der Waals surface area contributed by atoms with Gasteiger partial charge in [-0.05, 0) is 85.8 Å². The molecular weight excluding hydrogens is 476 g/mol. The standard InChI is InChI=1S/C32H38N2O4/c1-21-13-15-34(19-21)22(2)20-37-28-10-7-24(8-11-28)32-31(25-5-4-6-27(36)17-25)23(3)29-12-9-26(33-14-16-35)18-30(29)38-32/h4-12,17-18,21-22,32-33,35-36H,13-16,19-20H2,1-3H3. The highest BCUT2D eigenvalue weighted by Crippen LogP contribution is 2.47. The molecule has 0 radical (unpaired) electrons. The molecule has 0 bridgehead atoms. The van der Waals surface area contributed by atoms with Crippen LogP contribution in [0.25, 0.3) is 11.1 Å². The van der Waals surface area contributed by atoms with Crippen LogP contribution in [0, 0.1) is 5.92 Å². The Kier molecular flexibility index (Phi) is 7.91. The van der Waals surface area contributed by atoms with Crippen molar-refractivity contribution in [1.82, 2.24) is 4.90 Å². The van der Waals surface area contributed by atoms with Gasteiger partial charge in [0, 0.05) is 42.0 Å². The van der Waals surface area contributed by atoms with Crippen LogP contribution < -0.4 is 14.8 Å². The molecule has 3 unspecified atom stereocenters. The average Bonchev–Trinajstić information content (AvgIpc) is 3.37. The van der Waals surface area contributed by atoms with Gasteiger partial charge in [0.1, 0.15) is 30.0 Å². The van der Waals surface area contributed by atoms with Crippen molar-refractivity contribution in [3.63, 3.8) is 0 Å². The fourth-order valence-corrected chi connectivity index (χ4v) is 5.47. The van der Waals surface area contributed by atoms with Crippen molar-refractivity contribution >= 4 is 16.8 Å². The number of allylic oxidation sites excluding steroid dienone is 1. The third-order valence-corrected chi connectivity index (χ3v) is 7.65. The van der Waals surface area contributed by atoms with Crippen LogP contribution in [0.15, 0.2) is 66.7 Å². The SMILES string of the molecule is CC1=C(c2cccc(O)c2)C(c2ccc(OCC(C)N3CCC(C)C3)cc2)Oc2cc(NCCO)ccc21. The van der Waals surface area contributed by atoms with Gasteiger partial charge in [0.2, 0.25) is 0 Å². The minimum absolute atomic E-state index is 0.0610. The van der Waals surface area contributed by atoms with E-state index < -0.39 is 0 Å². The number of likely N-dealkylation sites (tertiary alicyclic amines) is 1. The molecule has 3 atom stereocenters. The van der Waals surface area contributed by atoms with Crippen molar-refractivity contribution in [2.75, 3.05) is 38.2 Å². The molecule has 6 nitrogen and oxygen atoms in total. The zero-order valence-electron chi connectivity index (χ0n) is 22.5. The lowest BCUT2D eigenvalue weighted by Crippen LogP contribution is -2.35. The molecule has 1 fully saturated rings. The smallest absolute Gasteiger partial charge is 0.150 e. The lowest BCUT2D eigenvalue weighted by atomic mass is 9.86. The summed E-state index contributed by atoms with van der Waals surface area (Å²) in [5.74, 6) is 2.62. The third-order valence-electron chi connectivity index (χ3n) is 7.65. The van der Waals surface area contributed by atoms with Crippen LogP contribution >= 0.6 is 0 Å². The van der Waals surface area contributed by atoms with E-state index in [0.717, 1.165) is 64.0 Å². The highest BCUT2D eigenvalue weighted by molar-refractivity contribution is 5.96. The summed E-state index contributed by atoms with van der Waals surface area (Å²) in [6.45, 7) is 10.1. The zero-order chi connectivity index (χ0) is 26.6. The van der Waals surface area contributed by atoms with E-state index in [0.29, 0.717) is 19.2 Å². The highest BCUT2D eigenvalue weighted by Gasteiger charge is 2.30. The number of aliphatic hydroxyl groups excluding tert-OH is 1. The number of aliphatic hydroxyl groups is 1. The molecule has 5 rings (SSSR count). The second kappa shape index (κ2) is 11.5. The Morgan fingerprint density at radius 2 is 1.92 bits per heavy atom. The van der Waals surface area contributed by atoms with E-state index in [2.05, 4.69) is 43.1 Å². The topological polar surface area (TPSA) is 74.2 Å². The Morgan fingerprint density at radius 1 is 1.11 bits per heavy atom. The van der Waals surface area contributed by atoms with Crippen LogP contribution in [0.4, 0.5) is 5.69 Å². The summed E-state index contributed by atoms with van der Waals surface area (Å²) < 4.78 is 12.8. The Hall–Kier alpha value is -3.48. The van der Waals surface area contributed by atoms with E-state index in [1.165, 1.54) is 6.42 Å². The summed E-state index contributed by atoms with van der Waals surface area (Å²) in [6.07, 6.45) is 0.910. The van der Waals surface area contributed by atoms with Crippen LogP contribution in [-0.4, -0.2) is 54.0 Å². The van der Waals surface area contributed by atoms with Crippen molar-refractivity contribution in [2.45, 2.75) is 39.3 Å². The van der Waals surface area contributed by atoms with Crippen LogP contribution in [0.2, 0.25) is 0 Å². The van der Waals surface area contributed by atoms with E-state index in [4.69, 9.17) is 9.47 Å². The maximum atomic E-state index is 10.2. The Morgan fingerprint density at radius 3 is 2.63 bits per heavy atom. The number of hydrogen-bond donors (Lipinski definition) is 3. The first-order chi connectivity index (χ1) is 18.4. The number of rotatable bonds is 9. The first kappa shape index (κ1) is 26.1. The summed E-state index contributed by atoms with van der Waals surface area (Å²) in [6, 6.07) is 21.9.